The van der Waals surface area contributed by atoms with Gasteiger partial charge in [0.05, 0.1) is 18.2 Å². The van der Waals surface area contributed by atoms with Gasteiger partial charge in [0.25, 0.3) is 0 Å². The number of nitrogens with zero attached hydrogens (tertiary/aromatic N) is 2. The lowest BCUT2D eigenvalue weighted by Crippen LogP contribution is -2.47. The molecule has 0 spiro atoms. The van der Waals surface area contributed by atoms with E-state index >= 15 is 0 Å². The fourth-order valence-electron chi connectivity index (χ4n) is 4.31. The summed E-state index contributed by atoms with van der Waals surface area (Å²) in [7, 11) is 0. The van der Waals surface area contributed by atoms with Gasteiger partial charge in [0.2, 0.25) is 0 Å². The monoisotopic (exact) mass is 474 g/mol. The summed E-state index contributed by atoms with van der Waals surface area (Å²) in [6.07, 6.45) is 1.35. The minimum atomic E-state index is -0.825. The topological polar surface area (TPSA) is 54.4 Å². The molecule has 2 aromatic rings. The van der Waals surface area contributed by atoms with Crippen LogP contribution in [0.5, 0.6) is 11.5 Å². The summed E-state index contributed by atoms with van der Waals surface area (Å²) in [5.74, 6) is 1.55. The average Bonchev–Trinajstić information content (AvgIpc) is 2.82. The van der Waals surface area contributed by atoms with E-state index in [-0.39, 0.29) is 6.61 Å². The van der Waals surface area contributed by atoms with Gasteiger partial charge < -0.3 is 19.3 Å². The molecule has 4 rings (SSSR count). The van der Waals surface area contributed by atoms with Gasteiger partial charge >= 0.3 is 0 Å². The number of morpholine rings is 1. The van der Waals surface area contributed by atoms with E-state index in [9.17, 15) is 5.11 Å². The molecule has 2 aromatic carbocycles. The first kappa shape index (κ1) is 24.3. The molecular formula is C26H35ClN2O4. The van der Waals surface area contributed by atoms with E-state index in [1.165, 1.54) is 5.56 Å². The second kappa shape index (κ2) is 11.5. The van der Waals surface area contributed by atoms with Crippen LogP contribution >= 0.6 is 11.6 Å². The normalized spacial score (nSPS) is 19.4. The molecule has 2 fully saturated rings. The van der Waals surface area contributed by atoms with Crippen molar-refractivity contribution in [3.63, 3.8) is 0 Å². The summed E-state index contributed by atoms with van der Waals surface area (Å²) >= 11 is 6.22. The number of likely N-dealkylation sites (tertiary alicyclic amines) is 1. The van der Waals surface area contributed by atoms with Crippen molar-refractivity contribution in [3.05, 3.63) is 58.6 Å². The summed E-state index contributed by atoms with van der Waals surface area (Å²) < 4.78 is 17.3. The van der Waals surface area contributed by atoms with Crippen LogP contribution in [-0.2, 0) is 11.3 Å². The van der Waals surface area contributed by atoms with Crippen molar-refractivity contribution in [1.82, 2.24) is 9.80 Å². The minimum absolute atomic E-state index is 0.260. The standard InChI is InChI=1S/C26H35ClN2O4/c1-21-5-6-24(27)25(17-21)33-20-26(30)7-9-29(10-8-26)19-22-3-2-4-23(18-22)32-16-13-28-11-14-31-15-12-28/h2-6,17-18,30H,7-16,19-20H2,1H3. The van der Waals surface area contributed by atoms with Crippen LogP contribution in [0.25, 0.3) is 0 Å². The van der Waals surface area contributed by atoms with E-state index in [0.29, 0.717) is 30.2 Å². The van der Waals surface area contributed by atoms with Gasteiger partial charge in [0.15, 0.2) is 0 Å². The molecule has 0 aromatic heterocycles. The molecule has 0 radical (unpaired) electrons. The number of ether oxygens (including phenoxy) is 3. The molecule has 0 aliphatic carbocycles. The third kappa shape index (κ3) is 7.33. The van der Waals surface area contributed by atoms with Crippen molar-refractivity contribution >= 4 is 11.6 Å². The molecule has 0 atom stereocenters. The predicted molar refractivity (Wildman–Crippen MR) is 130 cm³/mol. The largest absolute Gasteiger partial charge is 0.492 e. The van der Waals surface area contributed by atoms with Crippen molar-refractivity contribution in [2.45, 2.75) is 31.9 Å². The third-order valence-electron chi connectivity index (χ3n) is 6.45. The molecule has 7 heteroatoms. The number of hydrogen-bond acceptors (Lipinski definition) is 6. The second-order valence-electron chi connectivity index (χ2n) is 9.17. The highest BCUT2D eigenvalue weighted by Crippen LogP contribution is 2.29. The van der Waals surface area contributed by atoms with Gasteiger partial charge in [0, 0.05) is 39.3 Å². The van der Waals surface area contributed by atoms with E-state index in [1.54, 1.807) is 0 Å². The lowest BCUT2D eigenvalue weighted by atomic mass is 9.92. The highest BCUT2D eigenvalue weighted by Gasteiger charge is 2.33. The predicted octanol–water partition coefficient (Wildman–Crippen LogP) is 3.77. The summed E-state index contributed by atoms with van der Waals surface area (Å²) in [6.45, 7) is 9.95. The van der Waals surface area contributed by atoms with Gasteiger partial charge in [-0.1, -0.05) is 29.8 Å². The van der Waals surface area contributed by atoms with E-state index < -0.39 is 5.60 Å². The Labute approximate surface area is 202 Å². The first-order valence-electron chi connectivity index (χ1n) is 11.8. The van der Waals surface area contributed by atoms with Crippen LogP contribution in [0.4, 0.5) is 0 Å². The average molecular weight is 475 g/mol. The lowest BCUT2D eigenvalue weighted by Gasteiger charge is -2.38. The second-order valence-corrected chi connectivity index (χ2v) is 9.58. The minimum Gasteiger partial charge on any atom is -0.492 e. The van der Waals surface area contributed by atoms with Crippen molar-refractivity contribution in [2.75, 3.05) is 59.2 Å². The van der Waals surface area contributed by atoms with Gasteiger partial charge in [-0.3, -0.25) is 9.80 Å². The lowest BCUT2D eigenvalue weighted by molar-refractivity contribution is -0.0537. The van der Waals surface area contributed by atoms with Gasteiger partial charge in [-0.05, 0) is 55.2 Å². The summed E-state index contributed by atoms with van der Waals surface area (Å²) in [4.78, 5) is 4.75. The van der Waals surface area contributed by atoms with E-state index in [1.807, 2.05) is 31.2 Å². The molecule has 2 aliphatic heterocycles. The number of aliphatic hydroxyl groups is 1. The first-order chi connectivity index (χ1) is 16.0. The number of benzene rings is 2. The zero-order chi connectivity index (χ0) is 23.1. The Hall–Kier alpha value is -1.83. The summed E-state index contributed by atoms with van der Waals surface area (Å²) in [6, 6.07) is 14.0. The number of hydrogen-bond donors (Lipinski definition) is 1. The molecule has 2 saturated heterocycles. The molecule has 2 heterocycles. The first-order valence-corrected chi connectivity index (χ1v) is 12.2. The smallest absolute Gasteiger partial charge is 0.138 e. The number of aryl methyl sites for hydroxylation is 1. The summed E-state index contributed by atoms with van der Waals surface area (Å²) in [5.41, 5.74) is 1.49. The van der Waals surface area contributed by atoms with Gasteiger partial charge in [-0.15, -0.1) is 0 Å². The van der Waals surface area contributed by atoms with E-state index in [2.05, 4.69) is 28.0 Å². The number of rotatable bonds is 9. The van der Waals surface area contributed by atoms with Gasteiger partial charge in [-0.25, -0.2) is 0 Å². The maximum atomic E-state index is 11.0. The van der Waals surface area contributed by atoms with Crippen molar-refractivity contribution < 1.29 is 19.3 Å². The van der Waals surface area contributed by atoms with Crippen LogP contribution in [0.2, 0.25) is 5.02 Å². The van der Waals surface area contributed by atoms with Crippen LogP contribution in [0, 0.1) is 6.92 Å². The quantitative estimate of drug-likeness (QED) is 0.597. The third-order valence-corrected chi connectivity index (χ3v) is 6.77. The van der Waals surface area contributed by atoms with Crippen LogP contribution in [0.3, 0.4) is 0 Å². The van der Waals surface area contributed by atoms with Crippen LogP contribution in [-0.4, -0.2) is 79.7 Å². The Balaban J connectivity index is 1.21. The Morgan fingerprint density at radius 1 is 1.00 bits per heavy atom. The van der Waals surface area contributed by atoms with Crippen molar-refractivity contribution in [3.8, 4) is 11.5 Å². The zero-order valence-electron chi connectivity index (χ0n) is 19.5. The Morgan fingerprint density at radius 2 is 1.79 bits per heavy atom. The number of halogens is 1. The van der Waals surface area contributed by atoms with Gasteiger partial charge in [-0.2, -0.15) is 0 Å². The molecule has 0 bridgehead atoms. The fourth-order valence-corrected chi connectivity index (χ4v) is 4.49. The molecule has 0 unspecified atom stereocenters. The van der Waals surface area contributed by atoms with E-state index in [0.717, 1.165) is 63.8 Å². The van der Waals surface area contributed by atoms with Crippen LogP contribution < -0.4 is 9.47 Å². The van der Waals surface area contributed by atoms with E-state index in [4.69, 9.17) is 25.8 Å². The Morgan fingerprint density at radius 3 is 2.58 bits per heavy atom. The number of piperidine rings is 1. The fraction of sp³-hybridized carbons (Fsp3) is 0.538. The van der Waals surface area contributed by atoms with Crippen LogP contribution in [0.15, 0.2) is 42.5 Å². The Bertz CT molecular complexity index is 896. The molecule has 0 saturated carbocycles. The maximum Gasteiger partial charge on any atom is 0.138 e. The molecule has 2 aliphatic rings. The van der Waals surface area contributed by atoms with Crippen molar-refractivity contribution in [2.24, 2.45) is 0 Å². The van der Waals surface area contributed by atoms with Crippen molar-refractivity contribution in [1.29, 1.82) is 0 Å². The molecule has 1 N–H and O–H groups in total. The molecular weight excluding hydrogens is 440 g/mol. The summed E-state index contributed by atoms with van der Waals surface area (Å²) in [5, 5.41) is 11.6. The molecule has 6 nitrogen and oxygen atoms in total. The van der Waals surface area contributed by atoms with Crippen LogP contribution in [0.1, 0.15) is 24.0 Å². The zero-order valence-corrected chi connectivity index (χ0v) is 20.2. The maximum absolute atomic E-state index is 11.0. The molecule has 180 valence electrons. The van der Waals surface area contributed by atoms with Gasteiger partial charge in [0.1, 0.15) is 30.3 Å². The Kier molecular flexibility index (Phi) is 8.50. The highest BCUT2D eigenvalue weighted by molar-refractivity contribution is 6.32. The highest BCUT2D eigenvalue weighted by atomic mass is 35.5. The molecule has 0 amide bonds. The molecule has 33 heavy (non-hydrogen) atoms. The SMILES string of the molecule is Cc1ccc(Cl)c(OCC2(O)CCN(Cc3cccc(OCCN4CCOCC4)c3)CC2)c1.